The molecular weight excluding hydrogens is 266 g/mol. The van der Waals surface area contributed by atoms with Crippen LogP contribution in [0.4, 0.5) is 0 Å². The summed E-state index contributed by atoms with van der Waals surface area (Å²) in [7, 11) is 1.36. The first-order valence-electron chi connectivity index (χ1n) is 5.95. The van der Waals surface area contributed by atoms with Gasteiger partial charge in [0.15, 0.2) is 5.16 Å². The molecule has 0 amide bonds. The van der Waals surface area contributed by atoms with Crippen LogP contribution in [-0.4, -0.2) is 40.9 Å². The molecule has 106 valence electrons. The first-order chi connectivity index (χ1) is 8.91. The standard InChI is InChI=1S/C12H19N3O3S/c1-5-13-12(3,10(17)18-4)7-19-11-14-8(2)6-9(16)15-11/h6,13H,5,7H2,1-4H3,(H,14,15,16). The van der Waals surface area contributed by atoms with E-state index in [2.05, 4.69) is 15.3 Å². The van der Waals surface area contributed by atoms with E-state index in [1.807, 2.05) is 6.92 Å². The lowest BCUT2D eigenvalue weighted by Crippen LogP contribution is -2.52. The predicted octanol–water partition coefficient (Wildman–Crippen LogP) is 0.712. The highest BCUT2D eigenvalue weighted by Gasteiger charge is 2.33. The number of likely N-dealkylation sites (N-methyl/N-ethyl adjacent to an activating group) is 1. The molecule has 6 nitrogen and oxygen atoms in total. The van der Waals surface area contributed by atoms with Crippen LogP contribution < -0.4 is 10.9 Å². The summed E-state index contributed by atoms with van der Waals surface area (Å²) in [5.74, 6) is 0.0803. The van der Waals surface area contributed by atoms with E-state index in [-0.39, 0.29) is 11.5 Å². The molecule has 1 atom stereocenters. The Morgan fingerprint density at radius 2 is 2.32 bits per heavy atom. The maximum Gasteiger partial charge on any atom is 0.326 e. The molecule has 0 fully saturated rings. The first kappa shape index (κ1) is 15.7. The second-order valence-corrected chi connectivity index (χ2v) is 5.30. The second-order valence-electron chi connectivity index (χ2n) is 4.33. The van der Waals surface area contributed by atoms with Crippen molar-refractivity contribution in [1.82, 2.24) is 15.3 Å². The largest absolute Gasteiger partial charge is 0.468 e. The lowest BCUT2D eigenvalue weighted by Gasteiger charge is -2.26. The summed E-state index contributed by atoms with van der Waals surface area (Å²) in [5, 5.41) is 3.59. The summed E-state index contributed by atoms with van der Waals surface area (Å²) in [6.45, 7) is 6.08. The fraction of sp³-hybridized carbons (Fsp3) is 0.583. The minimum Gasteiger partial charge on any atom is -0.468 e. The van der Waals surface area contributed by atoms with Crippen LogP contribution in [0.5, 0.6) is 0 Å². The molecule has 1 aromatic heterocycles. The third-order valence-corrected chi connectivity index (χ3v) is 3.74. The van der Waals surface area contributed by atoms with Crippen molar-refractivity contribution in [3.8, 4) is 0 Å². The maximum atomic E-state index is 11.8. The fourth-order valence-electron chi connectivity index (χ4n) is 1.63. The van der Waals surface area contributed by atoms with Crippen LogP contribution in [0.15, 0.2) is 16.0 Å². The number of thioether (sulfide) groups is 1. The zero-order chi connectivity index (χ0) is 14.5. The van der Waals surface area contributed by atoms with Gasteiger partial charge in [-0.25, -0.2) is 4.98 Å². The van der Waals surface area contributed by atoms with E-state index < -0.39 is 5.54 Å². The molecule has 0 saturated heterocycles. The quantitative estimate of drug-likeness (QED) is 0.455. The van der Waals surface area contributed by atoms with E-state index in [0.717, 1.165) is 0 Å². The highest BCUT2D eigenvalue weighted by molar-refractivity contribution is 7.99. The molecule has 1 aromatic rings. The highest BCUT2D eigenvalue weighted by atomic mass is 32.2. The van der Waals surface area contributed by atoms with Gasteiger partial charge < -0.3 is 15.0 Å². The molecule has 0 saturated carbocycles. The molecule has 19 heavy (non-hydrogen) atoms. The van der Waals surface area contributed by atoms with Crippen molar-refractivity contribution in [3.63, 3.8) is 0 Å². The predicted molar refractivity (Wildman–Crippen MR) is 74.4 cm³/mol. The number of ether oxygens (including phenoxy) is 1. The molecule has 1 heterocycles. The van der Waals surface area contributed by atoms with Crippen molar-refractivity contribution in [2.24, 2.45) is 0 Å². The molecule has 0 aliphatic heterocycles. The van der Waals surface area contributed by atoms with Gasteiger partial charge in [0.2, 0.25) is 0 Å². The Morgan fingerprint density at radius 1 is 1.63 bits per heavy atom. The summed E-state index contributed by atoms with van der Waals surface area (Å²) >= 11 is 1.31. The lowest BCUT2D eigenvalue weighted by molar-refractivity contribution is -0.146. The van der Waals surface area contributed by atoms with Gasteiger partial charge in [0, 0.05) is 17.5 Å². The smallest absolute Gasteiger partial charge is 0.326 e. The fourth-order valence-corrected chi connectivity index (χ4v) is 2.66. The third kappa shape index (κ3) is 4.36. The molecule has 0 aliphatic carbocycles. The van der Waals surface area contributed by atoms with Gasteiger partial charge in [0.05, 0.1) is 7.11 Å². The number of hydrogen-bond donors (Lipinski definition) is 2. The Kier molecular flexibility index (Phi) is 5.56. The Bertz CT molecular complexity index is 503. The number of esters is 1. The summed E-state index contributed by atoms with van der Waals surface area (Å²) in [4.78, 5) is 30.0. The van der Waals surface area contributed by atoms with Gasteiger partial charge >= 0.3 is 5.97 Å². The third-order valence-electron chi connectivity index (χ3n) is 2.55. The van der Waals surface area contributed by atoms with Crippen molar-refractivity contribution < 1.29 is 9.53 Å². The van der Waals surface area contributed by atoms with Crippen molar-refractivity contribution in [2.75, 3.05) is 19.4 Å². The molecule has 1 rings (SSSR count). The number of aryl methyl sites for hydroxylation is 1. The second kappa shape index (κ2) is 6.72. The molecule has 0 aromatic carbocycles. The molecule has 0 bridgehead atoms. The lowest BCUT2D eigenvalue weighted by atomic mass is 10.1. The topological polar surface area (TPSA) is 84.1 Å². The minimum absolute atomic E-state index is 0.196. The van der Waals surface area contributed by atoms with Crippen molar-refractivity contribution >= 4 is 17.7 Å². The molecule has 0 radical (unpaired) electrons. The maximum absolute atomic E-state index is 11.8. The van der Waals surface area contributed by atoms with Crippen molar-refractivity contribution in [1.29, 1.82) is 0 Å². The number of nitrogens with zero attached hydrogens (tertiary/aromatic N) is 1. The summed E-state index contributed by atoms with van der Waals surface area (Å²) in [6, 6.07) is 1.42. The Hall–Kier alpha value is -1.34. The molecule has 1 unspecified atom stereocenters. The number of rotatable bonds is 6. The first-order valence-corrected chi connectivity index (χ1v) is 6.94. The average molecular weight is 285 g/mol. The Labute approximate surface area is 116 Å². The normalized spacial score (nSPS) is 13.9. The number of hydrogen-bond acceptors (Lipinski definition) is 6. The van der Waals surface area contributed by atoms with Crippen LogP contribution in [0.25, 0.3) is 0 Å². The zero-order valence-corrected chi connectivity index (χ0v) is 12.4. The zero-order valence-electron chi connectivity index (χ0n) is 11.6. The monoisotopic (exact) mass is 285 g/mol. The number of H-pyrrole nitrogens is 1. The summed E-state index contributed by atoms with van der Waals surface area (Å²) in [5.41, 5.74) is -0.357. The number of carbonyl (C=O) groups excluding carboxylic acids is 1. The van der Waals surface area contributed by atoms with Gasteiger partial charge in [0.1, 0.15) is 5.54 Å². The minimum atomic E-state index is -0.809. The van der Waals surface area contributed by atoms with Crippen LogP contribution in [0.3, 0.4) is 0 Å². The number of nitrogens with one attached hydrogen (secondary N) is 2. The van der Waals surface area contributed by atoms with Gasteiger partial charge in [-0.1, -0.05) is 18.7 Å². The van der Waals surface area contributed by atoms with Crippen molar-refractivity contribution in [2.45, 2.75) is 31.5 Å². The van der Waals surface area contributed by atoms with Crippen LogP contribution in [-0.2, 0) is 9.53 Å². The molecular formula is C12H19N3O3S. The Balaban J connectivity index is 2.81. The number of methoxy groups -OCH3 is 1. The molecule has 7 heteroatoms. The summed E-state index contributed by atoms with van der Waals surface area (Å²) in [6.07, 6.45) is 0. The van der Waals surface area contributed by atoms with E-state index >= 15 is 0 Å². The van der Waals surface area contributed by atoms with E-state index in [9.17, 15) is 9.59 Å². The van der Waals surface area contributed by atoms with E-state index in [0.29, 0.717) is 23.1 Å². The molecule has 0 aliphatic rings. The number of aromatic amines is 1. The van der Waals surface area contributed by atoms with Gasteiger partial charge in [-0.3, -0.25) is 9.59 Å². The van der Waals surface area contributed by atoms with Gasteiger partial charge in [-0.15, -0.1) is 0 Å². The molecule has 0 spiro atoms. The van der Waals surface area contributed by atoms with E-state index in [1.165, 1.54) is 24.9 Å². The van der Waals surface area contributed by atoms with Gasteiger partial charge in [-0.05, 0) is 20.4 Å². The van der Waals surface area contributed by atoms with Crippen LogP contribution in [0, 0.1) is 6.92 Å². The van der Waals surface area contributed by atoms with Gasteiger partial charge in [0.25, 0.3) is 5.56 Å². The van der Waals surface area contributed by atoms with Crippen LogP contribution in [0.1, 0.15) is 19.5 Å². The molecule has 2 N–H and O–H groups in total. The highest BCUT2D eigenvalue weighted by Crippen LogP contribution is 2.19. The Morgan fingerprint density at radius 3 is 2.84 bits per heavy atom. The number of aromatic nitrogens is 2. The van der Waals surface area contributed by atoms with E-state index in [1.54, 1.807) is 13.8 Å². The summed E-state index contributed by atoms with van der Waals surface area (Å²) < 4.78 is 4.80. The van der Waals surface area contributed by atoms with Gasteiger partial charge in [-0.2, -0.15) is 0 Å². The van der Waals surface area contributed by atoms with Crippen molar-refractivity contribution in [3.05, 3.63) is 22.1 Å². The number of carbonyl (C=O) groups is 1. The average Bonchev–Trinajstić information content (AvgIpc) is 2.34. The van der Waals surface area contributed by atoms with Crippen LogP contribution in [0.2, 0.25) is 0 Å². The van der Waals surface area contributed by atoms with Crippen LogP contribution >= 0.6 is 11.8 Å². The van der Waals surface area contributed by atoms with E-state index in [4.69, 9.17) is 4.74 Å². The SMILES string of the molecule is CCNC(C)(CSc1nc(C)cc(=O)[nH]1)C(=O)OC.